The maximum absolute atomic E-state index is 13.3. The van der Waals surface area contributed by atoms with E-state index < -0.39 is 11.9 Å². The first-order valence-electron chi connectivity index (χ1n) is 8.86. The van der Waals surface area contributed by atoms with Gasteiger partial charge in [0.1, 0.15) is 30.6 Å². The number of nitrogens with zero attached hydrogens (tertiary/aromatic N) is 1. The van der Waals surface area contributed by atoms with Crippen LogP contribution in [0.5, 0.6) is 5.75 Å². The summed E-state index contributed by atoms with van der Waals surface area (Å²) < 4.78 is 34.0. The molecule has 7 nitrogen and oxygen atoms in total. The van der Waals surface area contributed by atoms with E-state index in [4.69, 9.17) is 30.5 Å². The predicted molar refractivity (Wildman–Crippen MR) is 107 cm³/mol. The average Bonchev–Trinajstić information content (AvgIpc) is 2.76. The number of methoxy groups -OCH3 is 2. The Morgan fingerprint density at radius 3 is 2.57 bits per heavy atom. The molecule has 0 atom stereocenters. The molecular weight excluding hydrogens is 417 g/mol. The number of anilines is 1. The molecule has 1 aliphatic rings. The van der Waals surface area contributed by atoms with Crippen molar-refractivity contribution in [2.75, 3.05) is 32.5 Å². The predicted octanol–water partition coefficient (Wildman–Crippen LogP) is 3.45. The van der Waals surface area contributed by atoms with Crippen molar-refractivity contribution >= 4 is 29.2 Å². The van der Waals surface area contributed by atoms with Gasteiger partial charge in [-0.2, -0.15) is 0 Å². The molecule has 0 saturated carbocycles. The largest absolute Gasteiger partial charge is 0.489 e. The van der Waals surface area contributed by atoms with Gasteiger partial charge >= 0.3 is 11.9 Å². The Bertz CT molecular complexity index is 993. The Morgan fingerprint density at radius 2 is 1.90 bits per heavy atom. The molecule has 9 heteroatoms. The number of ether oxygens (including phenoxy) is 4. The third-order valence-corrected chi connectivity index (χ3v) is 4.64. The normalized spacial score (nSPS) is 13.8. The highest BCUT2D eigenvalue weighted by atomic mass is 35.5. The first kappa shape index (κ1) is 21.6. The molecule has 158 valence electrons. The summed E-state index contributed by atoms with van der Waals surface area (Å²) in [5, 5.41) is 0.253. The van der Waals surface area contributed by atoms with Gasteiger partial charge < -0.3 is 23.8 Å². The molecule has 2 aromatic carbocycles. The van der Waals surface area contributed by atoms with Gasteiger partial charge in [0, 0.05) is 6.07 Å². The smallest absolute Gasteiger partial charge is 0.355 e. The lowest BCUT2D eigenvalue weighted by Gasteiger charge is -2.31. The van der Waals surface area contributed by atoms with Gasteiger partial charge in [0.15, 0.2) is 0 Å². The lowest BCUT2D eigenvalue weighted by Crippen LogP contribution is -2.38. The zero-order valence-electron chi connectivity index (χ0n) is 16.3. The Hall–Kier alpha value is -3.10. The molecule has 0 amide bonds. The van der Waals surface area contributed by atoms with Gasteiger partial charge in [-0.15, -0.1) is 0 Å². The van der Waals surface area contributed by atoms with E-state index in [9.17, 15) is 14.0 Å². The SMILES string of the molecule is COC(=O)C1=C(C(=O)OC)N(c2ccc(OCc3cccc(F)c3)cc2Cl)COC1. The molecule has 30 heavy (non-hydrogen) atoms. The van der Waals surface area contributed by atoms with Crippen LogP contribution in [0, 0.1) is 5.82 Å². The summed E-state index contributed by atoms with van der Waals surface area (Å²) in [6.07, 6.45) is 0. The Kier molecular flexibility index (Phi) is 6.91. The number of benzene rings is 2. The first-order valence-corrected chi connectivity index (χ1v) is 9.24. The second-order valence-corrected chi connectivity index (χ2v) is 6.65. The topological polar surface area (TPSA) is 74.3 Å². The molecule has 0 fully saturated rings. The number of carbonyl (C=O) groups is 2. The second kappa shape index (κ2) is 9.60. The molecule has 0 aromatic heterocycles. The van der Waals surface area contributed by atoms with Crippen molar-refractivity contribution in [2.24, 2.45) is 0 Å². The molecule has 0 saturated heterocycles. The molecule has 0 unspecified atom stereocenters. The number of carbonyl (C=O) groups excluding carboxylic acids is 2. The number of halogens is 2. The van der Waals surface area contributed by atoms with Crippen LogP contribution in [0.2, 0.25) is 5.02 Å². The molecule has 0 radical (unpaired) electrons. The molecule has 1 aliphatic heterocycles. The maximum Gasteiger partial charge on any atom is 0.355 e. The van der Waals surface area contributed by atoms with Crippen LogP contribution in [-0.4, -0.2) is 39.5 Å². The summed E-state index contributed by atoms with van der Waals surface area (Å²) in [5.74, 6) is -1.33. The van der Waals surface area contributed by atoms with E-state index in [0.717, 1.165) is 0 Å². The van der Waals surface area contributed by atoms with Crippen molar-refractivity contribution in [3.05, 3.63) is 70.1 Å². The molecule has 0 N–H and O–H groups in total. The Balaban J connectivity index is 1.87. The number of esters is 2. The van der Waals surface area contributed by atoms with Crippen molar-refractivity contribution in [3.63, 3.8) is 0 Å². The zero-order valence-corrected chi connectivity index (χ0v) is 17.1. The lowest BCUT2D eigenvalue weighted by molar-refractivity contribution is -0.140. The Morgan fingerprint density at radius 1 is 1.13 bits per heavy atom. The summed E-state index contributed by atoms with van der Waals surface area (Å²) in [6, 6.07) is 10.9. The first-order chi connectivity index (χ1) is 14.4. The minimum atomic E-state index is -0.721. The van der Waals surface area contributed by atoms with E-state index >= 15 is 0 Å². The summed E-state index contributed by atoms with van der Waals surface area (Å²) in [4.78, 5) is 25.9. The summed E-state index contributed by atoms with van der Waals surface area (Å²) in [6.45, 7) is 0.0360. The summed E-state index contributed by atoms with van der Waals surface area (Å²) in [5.41, 5.74) is 1.10. The van der Waals surface area contributed by atoms with E-state index in [-0.39, 0.29) is 42.1 Å². The van der Waals surface area contributed by atoms with Gasteiger partial charge in [0.05, 0.1) is 37.1 Å². The second-order valence-electron chi connectivity index (χ2n) is 6.25. The van der Waals surface area contributed by atoms with E-state index in [1.807, 2.05) is 0 Å². The van der Waals surface area contributed by atoms with E-state index in [0.29, 0.717) is 17.0 Å². The minimum absolute atomic E-state index is 0.00840. The van der Waals surface area contributed by atoms with Crippen molar-refractivity contribution in [1.82, 2.24) is 0 Å². The van der Waals surface area contributed by atoms with Crippen LogP contribution in [0.25, 0.3) is 0 Å². The van der Waals surface area contributed by atoms with Gasteiger partial charge in [-0.3, -0.25) is 0 Å². The van der Waals surface area contributed by atoms with Gasteiger partial charge in [-0.1, -0.05) is 23.7 Å². The quantitative estimate of drug-likeness (QED) is 0.643. The average molecular weight is 436 g/mol. The number of hydrogen-bond acceptors (Lipinski definition) is 7. The maximum atomic E-state index is 13.3. The van der Waals surface area contributed by atoms with E-state index in [1.165, 1.54) is 31.3 Å². The van der Waals surface area contributed by atoms with Crippen LogP contribution in [0.15, 0.2) is 53.7 Å². The molecule has 2 aromatic rings. The van der Waals surface area contributed by atoms with Crippen LogP contribution >= 0.6 is 11.6 Å². The highest BCUT2D eigenvalue weighted by Gasteiger charge is 2.33. The number of hydrogen-bond donors (Lipinski definition) is 0. The monoisotopic (exact) mass is 435 g/mol. The van der Waals surface area contributed by atoms with Gasteiger partial charge in [-0.25, -0.2) is 14.0 Å². The van der Waals surface area contributed by atoms with Crippen LogP contribution in [0.4, 0.5) is 10.1 Å². The van der Waals surface area contributed by atoms with Crippen LogP contribution < -0.4 is 9.64 Å². The van der Waals surface area contributed by atoms with Crippen molar-refractivity contribution in [2.45, 2.75) is 6.61 Å². The van der Waals surface area contributed by atoms with E-state index in [2.05, 4.69) is 0 Å². The highest BCUT2D eigenvalue weighted by molar-refractivity contribution is 6.33. The van der Waals surface area contributed by atoms with Gasteiger partial charge in [0.25, 0.3) is 0 Å². The van der Waals surface area contributed by atoms with Crippen LogP contribution in [0.3, 0.4) is 0 Å². The molecule has 0 aliphatic carbocycles. The molecule has 0 bridgehead atoms. The molecule has 1 heterocycles. The fraction of sp³-hybridized carbons (Fsp3) is 0.238. The van der Waals surface area contributed by atoms with Gasteiger partial charge in [0.2, 0.25) is 0 Å². The molecule has 3 rings (SSSR count). The Labute approximate surface area is 177 Å². The van der Waals surface area contributed by atoms with E-state index in [1.54, 1.807) is 30.3 Å². The van der Waals surface area contributed by atoms with Crippen molar-refractivity contribution in [3.8, 4) is 5.75 Å². The fourth-order valence-electron chi connectivity index (χ4n) is 2.92. The number of rotatable bonds is 6. The molecule has 0 spiro atoms. The van der Waals surface area contributed by atoms with Crippen LogP contribution in [-0.2, 0) is 30.4 Å². The standard InChI is InChI=1S/C21H19ClFNO6/c1-27-20(25)16-11-29-12-24(19(16)21(26)28-2)18-7-6-15(9-17(18)22)30-10-13-4-3-5-14(23)8-13/h3-9H,10-12H2,1-2H3. The highest BCUT2D eigenvalue weighted by Crippen LogP contribution is 2.35. The lowest BCUT2D eigenvalue weighted by atomic mass is 10.1. The van der Waals surface area contributed by atoms with Crippen molar-refractivity contribution in [1.29, 1.82) is 0 Å². The summed E-state index contributed by atoms with van der Waals surface area (Å²) in [7, 11) is 2.42. The molecular formula is C21H19ClFNO6. The van der Waals surface area contributed by atoms with Crippen LogP contribution in [0.1, 0.15) is 5.56 Å². The zero-order chi connectivity index (χ0) is 21.7. The van der Waals surface area contributed by atoms with Gasteiger partial charge in [-0.05, 0) is 29.8 Å². The summed E-state index contributed by atoms with van der Waals surface area (Å²) >= 11 is 6.42. The third-order valence-electron chi connectivity index (χ3n) is 4.34. The fourth-order valence-corrected chi connectivity index (χ4v) is 3.20. The van der Waals surface area contributed by atoms with Crippen molar-refractivity contribution < 1.29 is 32.9 Å². The third kappa shape index (κ3) is 4.72. The minimum Gasteiger partial charge on any atom is -0.489 e.